The van der Waals surface area contributed by atoms with Gasteiger partial charge in [-0.2, -0.15) is 0 Å². The first-order chi connectivity index (χ1) is 12.2. The number of carbonyl (C=O) groups excluding carboxylic acids is 3. The molecule has 2 aromatic rings. The molecular formula is C19H18NO5. The lowest BCUT2D eigenvalue weighted by atomic mass is 10.2. The summed E-state index contributed by atoms with van der Waals surface area (Å²) in [5.74, 6) is -0.719. The number of hydrogen-bond acceptors (Lipinski definition) is 5. The van der Waals surface area contributed by atoms with Gasteiger partial charge >= 0.3 is 12.1 Å². The van der Waals surface area contributed by atoms with Crippen LogP contribution < -0.4 is 5.32 Å². The van der Waals surface area contributed by atoms with Crippen molar-refractivity contribution >= 4 is 18.3 Å². The molecule has 0 aliphatic carbocycles. The predicted octanol–water partition coefficient (Wildman–Crippen LogP) is 2.52. The molecule has 1 amide bonds. The summed E-state index contributed by atoms with van der Waals surface area (Å²) in [6, 6.07) is 17.1. The third kappa shape index (κ3) is 6.47. The van der Waals surface area contributed by atoms with E-state index >= 15 is 0 Å². The molecular weight excluding hydrogens is 322 g/mol. The highest BCUT2D eigenvalue weighted by molar-refractivity contribution is 5.83. The standard InChI is InChI=1S/C19H18NO5/c21-12-11-17(18(22)24-13-15-7-3-1-4-8-15)20-19(23)25-14-16-9-5-2-6-10-16/h1-10,17H,11,13-14H2,(H,20,23). The van der Waals surface area contributed by atoms with Crippen LogP contribution in [0.3, 0.4) is 0 Å². The fourth-order valence-electron chi connectivity index (χ4n) is 2.01. The van der Waals surface area contributed by atoms with Crippen molar-refractivity contribution in [1.82, 2.24) is 5.32 Å². The van der Waals surface area contributed by atoms with Gasteiger partial charge in [0.2, 0.25) is 6.29 Å². The van der Waals surface area contributed by atoms with E-state index in [0.29, 0.717) is 0 Å². The zero-order chi connectivity index (χ0) is 17.9. The highest BCUT2D eigenvalue weighted by Gasteiger charge is 2.23. The Morgan fingerprint density at radius 3 is 1.92 bits per heavy atom. The van der Waals surface area contributed by atoms with E-state index in [4.69, 9.17) is 9.47 Å². The minimum Gasteiger partial charge on any atom is -0.459 e. The van der Waals surface area contributed by atoms with Gasteiger partial charge in [0.1, 0.15) is 19.3 Å². The number of rotatable bonds is 8. The van der Waals surface area contributed by atoms with Crippen molar-refractivity contribution < 1.29 is 23.9 Å². The largest absolute Gasteiger partial charge is 0.459 e. The Labute approximate surface area is 145 Å². The SMILES string of the molecule is O=[C]CC(NC(=O)OCc1ccccc1)C(=O)OCc1ccccc1. The summed E-state index contributed by atoms with van der Waals surface area (Å²) in [4.78, 5) is 34.5. The van der Waals surface area contributed by atoms with Crippen LogP contribution >= 0.6 is 0 Å². The minimum absolute atomic E-state index is 0.0514. The van der Waals surface area contributed by atoms with Crippen molar-refractivity contribution in [3.05, 3.63) is 71.8 Å². The molecule has 1 N–H and O–H groups in total. The normalized spacial score (nSPS) is 11.2. The molecule has 2 rings (SSSR count). The lowest BCUT2D eigenvalue weighted by molar-refractivity contribution is -0.147. The Morgan fingerprint density at radius 2 is 1.40 bits per heavy atom. The van der Waals surface area contributed by atoms with E-state index in [1.54, 1.807) is 30.6 Å². The molecule has 0 heterocycles. The average molecular weight is 340 g/mol. The topological polar surface area (TPSA) is 81.7 Å². The molecule has 1 radical (unpaired) electrons. The van der Waals surface area contributed by atoms with Gasteiger partial charge in [-0.05, 0) is 11.1 Å². The average Bonchev–Trinajstić information content (AvgIpc) is 2.66. The maximum absolute atomic E-state index is 12.0. The summed E-state index contributed by atoms with van der Waals surface area (Å²) in [6.07, 6.45) is 0.489. The summed E-state index contributed by atoms with van der Waals surface area (Å²) in [7, 11) is 0. The Kier molecular flexibility index (Phi) is 7.18. The van der Waals surface area contributed by atoms with Crippen molar-refractivity contribution in [3.63, 3.8) is 0 Å². The van der Waals surface area contributed by atoms with E-state index in [1.165, 1.54) is 0 Å². The summed E-state index contributed by atoms with van der Waals surface area (Å²) in [5, 5.41) is 2.33. The van der Waals surface area contributed by atoms with Crippen LogP contribution in [-0.4, -0.2) is 24.4 Å². The third-order valence-corrected chi connectivity index (χ3v) is 3.30. The first kappa shape index (κ1) is 18.2. The lowest BCUT2D eigenvalue weighted by Gasteiger charge is -2.15. The zero-order valence-corrected chi connectivity index (χ0v) is 13.5. The van der Waals surface area contributed by atoms with E-state index in [2.05, 4.69) is 5.32 Å². The van der Waals surface area contributed by atoms with Crippen molar-refractivity contribution in [2.45, 2.75) is 25.7 Å². The monoisotopic (exact) mass is 340 g/mol. The Morgan fingerprint density at radius 1 is 0.880 bits per heavy atom. The molecule has 0 spiro atoms. The van der Waals surface area contributed by atoms with Gasteiger partial charge in [-0.15, -0.1) is 0 Å². The predicted molar refractivity (Wildman–Crippen MR) is 90.1 cm³/mol. The van der Waals surface area contributed by atoms with Crippen LogP contribution in [0.15, 0.2) is 60.7 Å². The molecule has 129 valence electrons. The summed E-state index contributed by atoms with van der Waals surface area (Å²) in [5.41, 5.74) is 1.61. The molecule has 6 heteroatoms. The summed E-state index contributed by atoms with van der Waals surface area (Å²) < 4.78 is 10.1. The number of ether oxygens (including phenoxy) is 2. The molecule has 0 aliphatic heterocycles. The van der Waals surface area contributed by atoms with Gasteiger partial charge in [0.05, 0.1) is 0 Å². The lowest BCUT2D eigenvalue weighted by Crippen LogP contribution is -2.42. The van der Waals surface area contributed by atoms with Crippen LogP contribution in [0.25, 0.3) is 0 Å². The minimum atomic E-state index is -1.13. The van der Waals surface area contributed by atoms with Crippen molar-refractivity contribution in [2.24, 2.45) is 0 Å². The summed E-state index contributed by atoms with van der Waals surface area (Å²) in [6.45, 7) is 0.110. The van der Waals surface area contributed by atoms with Crippen LogP contribution in [0.4, 0.5) is 4.79 Å². The van der Waals surface area contributed by atoms with Crippen LogP contribution in [0.2, 0.25) is 0 Å². The second-order valence-electron chi connectivity index (χ2n) is 5.20. The van der Waals surface area contributed by atoms with Crippen LogP contribution in [0.5, 0.6) is 0 Å². The number of amides is 1. The summed E-state index contributed by atoms with van der Waals surface area (Å²) >= 11 is 0. The maximum atomic E-state index is 12.0. The maximum Gasteiger partial charge on any atom is 0.408 e. The first-order valence-corrected chi connectivity index (χ1v) is 7.72. The first-order valence-electron chi connectivity index (χ1n) is 7.72. The van der Waals surface area contributed by atoms with Gasteiger partial charge in [-0.1, -0.05) is 60.7 Å². The van der Waals surface area contributed by atoms with E-state index < -0.39 is 18.1 Å². The van der Waals surface area contributed by atoms with E-state index in [9.17, 15) is 14.4 Å². The number of alkyl carbamates (subject to hydrolysis) is 1. The quantitative estimate of drug-likeness (QED) is 0.747. The smallest absolute Gasteiger partial charge is 0.408 e. The number of esters is 1. The van der Waals surface area contributed by atoms with Crippen molar-refractivity contribution in [2.75, 3.05) is 0 Å². The fraction of sp³-hybridized carbons (Fsp3) is 0.211. The second kappa shape index (κ2) is 9.87. The number of nitrogens with one attached hydrogen (secondary N) is 1. The third-order valence-electron chi connectivity index (χ3n) is 3.30. The molecule has 1 atom stereocenters. The van der Waals surface area contributed by atoms with Gasteiger partial charge in [-0.3, -0.25) is 4.79 Å². The number of hydrogen-bond donors (Lipinski definition) is 1. The molecule has 0 aromatic heterocycles. The van der Waals surface area contributed by atoms with E-state index in [-0.39, 0.29) is 19.6 Å². The molecule has 0 saturated heterocycles. The highest BCUT2D eigenvalue weighted by atomic mass is 16.6. The molecule has 0 aliphatic rings. The van der Waals surface area contributed by atoms with E-state index in [1.807, 2.05) is 36.4 Å². The van der Waals surface area contributed by atoms with Crippen LogP contribution in [-0.2, 0) is 32.3 Å². The fourth-order valence-corrected chi connectivity index (χ4v) is 2.01. The molecule has 6 nitrogen and oxygen atoms in total. The highest BCUT2D eigenvalue weighted by Crippen LogP contribution is 2.04. The van der Waals surface area contributed by atoms with Crippen LogP contribution in [0, 0.1) is 0 Å². The molecule has 25 heavy (non-hydrogen) atoms. The molecule has 0 bridgehead atoms. The van der Waals surface area contributed by atoms with Gasteiger partial charge in [0.15, 0.2) is 0 Å². The Balaban J connectivity index is 1.82. The second-order valence-corrected chi connectivity index (χ2v) is 5.20. The van der Waals surface area contributed by atoms with E-state index in [0.717, 1.165) is 11.1 Å². The van der Waals surface area contributed by atoms with Crippen molar-refractivity contribution in [1.29, 1.82) is 0 Å². The van der Waals surface area contributed by atoms with Gasteiger partial charge < -0.3 is 14.8 Å². The molecule has 1 unspecified atom stereocenters. The van der Waals surface area contributed by atoms with Crippen molar-refractivity contribution in [3.8, 4) is 0 Å². The number of carbonyl (C=O) groups is 2. The zero-order valence-electron chi connectivity index (χ0n) is 13.5. The molecule has 0 saturated carbocycles. The molecule has 0 fully saturated rings. The van der Waals surface area contributed by atoms with Gasteiger partial charge in [-0.25, -0.2) is 9.59 Å². The Hall–Kier alpha value is -3.15. The van der Waals surface area contributed by atoms with Gasteiger partial charge in [0.25, 0.3) is 0 Å². The van der Waals surface area contributed by atoms with Gasteiger partial charge in [0, 0.05) is 6.42 Å². The van der Waals surface area contributed by atoms with Crippen LogP contribution in [0.1, 0.15) is 17.5 Å². The molecule has 2 aromatic carbocycles. The number of benzene rings is 2. The Bertz CT molecular complexity index is 687.